The highest BCUT2D eigenvalue weighted by Gasteiger charge is 2.27. The molecule has 4 rings (SSSR count). The topological polar surface area (TPSA) is 64.7 Å². The van der Waals surface area contributed by atoms with Crippen molar-refractivity contribution >= 4 is 27.5 Å². The van der Waals surface area contributed by atoms with E-state index in [1.54, 1.807) is 31.2 Å². The van der Waals surface area contributed by atoms with Crippen molar-refractivity contribution in [3.05, 3.63) is 97.3 Å². The summed E-state index contributed by atoms with van der Waals surface area (Å²) in [6.07, 6.45) is 0. The van der Waals surface area contributed by atoms with Gasteiger partial charge >= 0.3 is 0 Å². The van der Waals surface area contributed by atoms with Gasteiger partial charge in [-0.2, -0.15) is 10.2 Å². The number of halogens is 6. The van der Waals surface area contributed by atoms with Gasteiger partial charge in [-0.1, -0.05) is 12.1 Å². The molecule has 0 aliphatic carbocycles. The Hall–Kier alpha value is -3.54. The Labute approximate surface area is 217 Å². The van der Waals surface area contributed by atoms with Crippen molar-refractivity contribution in [3.63, 3.8) is 0 Å². The molecule has 0 radical (unpaired) electrons. The van der Waals surface area contributed by atoms with Crippen LogP contribution in [0.2, 0.25) is 0 Å². The van der Waals surface area contributed by atoms with E-state index in [1.807, 2.05) is 18.5 Å². The Bertz CT molecular complexity index is 1500. The molecule has 0 saturated carbocycles. The fourth-order valence-corrected chi connectivity index (χ4v) is 4.20. The van der Waals surface area contributed by atoms with Gasteiger partial charge in [-0.3, -0.25) is 14.2 Å². The van der Waals surface area contributed by atoms with Gasteiger partial charge in [-0.05, 0) is 61.3 Å². The molecule has 0 saturated heterocycles. The van der Waals surface area contributed by atoms with E-state index in [-0.39, 0.29) is 11.4 Å². The van der Waals surface area contributed by atoms with Gasteiger partial charge in [0.05, 0.1) is 51.6 Å². The molecule has 0 unspecified atom stereocenters. The molecule has 0 aliphatic rings. The van der Waals surface area contributed by atoms with Crippen LogP contribution in [0.15, 0.2) is 28.7 Å². The van der Waals surface area contributed by atoms with Crippen LogP contribution in [-0.4, -0.2) is 25.5 Å². The van der Waals surface area contributed by atoms with Crippen LogP contribution < -0.4 is 5.32 Å². The highest BCUT2D eigenvalue weighted by molar-refractivity contribution is 9.10. The number of nitrogens with one attached hydrogen (secondary N) is 1. The number of carbonyl (C=O) groups is 1. The Morgan fingerprint density at radius 2 is 1.30 bits per heavy atom. The third-order valence-corrected chi connectivity index (χ3v) is 7.22. The zero-order chi connectivity index (χ0) is 27.2. The molecule has 0 aliphatic heterocycles. The quantitative estimate of drug-likeness (QED) is 0.169. The maximum Gasteiger partial charge on any atom is 0.255 e. The van der Waals surface area contributed by atoms with Gasteiger partial charge in [0, 0.05) is 5.56 Å². The molecule has 0 fully saturated rings. The Morgan fingerprint density at radius 1 is 0.784 bits per heavy atom. The minimum atomic E-state index is -2.23. The summed E-state index contributed by atoms with van der Waals surface area (Å²) in [6.45, 7) is 6.71. The van der Waals surface area contributed by atoms with Crippen molar-refractivity contribution in [2.75, 3.05) is 5.32 Å². The third-order valence-electron chi connectivity index (χ3n) is 6.07. The molecule has 194 valence electrons. The minimum Gasteiger partial charge on any atom is -0.319 e. The molecule has 1 N–H and O–H groups in total. The van der Waals surface area contributed by atoms with Crippen LogP contribution in [0.25, 0.3) is 0 Å². The summed E-state index contributed by atoms with van der Waals surface area (Å²) >= 11 is 3.49. The largest absolute Gasteiger partial charge is 0.319 e. The van der Waals surface area contributed by atoms with E-state index in [2.05, 4.69) is 31.4 Å². The van der Waals surface area contributed by atoms with Crippen molar-refractivity contribution < 1.29 is 26.7 Å². The van der Waals surface area contributed by atoms with E-state index in [0.717, 1.165) is 26.1 Å². The number of aryl methyl sites for hydroxylation is 2. The summed E-state index contributed by atoms with van der Waals surface area (Å²) in [5.74, 6) is -10.6. The molecule has 2 aromatic heterocycles. The van der Waals surface area contributed by atoms with Crippen LogP contribution in [0.3, 0.4) is 0 Å². The van der Waals surface area contributed by atoms with E-state index >= 15 is 0 Å². The van der Waals surface area contributed by atoms with E-state index in [0.29, 0.717) is 17.8 Å². The lowest BCUT2D eigenvalue weighted by molar-refractivity contribution is 0.102. The van der Waals surface area contributed by atoms with Crippen LogP contribution >= 0.6 is 15.9 Å². The standard InChI is InChI=1S/C25H21BrF5N5O/c1-11-18(26)13(3)35(33-11)9-15-5-7-16(8-6-15)25(37)32-24-12(2)34-36(14(24)4)10-17-19(27)21(29)23(31)22(30)20(17)28/h5-8H,9-10H2,1-4H3,(H,32,37). The molecule has 37 heavy (non-hydrogen) atoms. The molecule has 0 bridgehead atoms. The van der Waals surface area contributed by atoms with Crippen LogP contribution in [0, 0.1) is 56.8 Å². The van der Waals surface area contributed by atoms with Gasteiger partial charge in [0.1, 0.15) is 0 Å². The van der Waals surface area contributed by atoms with Gasteiger partial charge in [0.25, 0.3) is 5.91 Å². The van der Waals surface area contributed by atoms with Crippen molar-refractivity contribution in [3.8, 4) is 0 Å². The third kappa shape index (κ3) is 4.89. The van der Waals surface area contributed by atoms with Gasteiger partial charge in [0.2, 0.25) is 5.82 Å². The number of hydrogen-bond donors (Lipinski definition) is 1. The highest BCUT2D eigenvalue weighted by atomic mass is 79.9. The molecular formula is C25H21BrF5N5O. The SMILES string of the molecule is Cc1nn(Cc2ccc(C(=O)Nc3c(C)nn(Cc4c(F)c(F)c(F)c(F)c4F)c3C)cc2)c(C)c1Br. The number of rotatable bonds is 6. The molecule has 6 nitrogen and oxygen atoms in total. The normalized spacial score (nSPS) is 11.3. The Morgan fingerprint density at radius 3 is 1.84 bits per heavy atom. The first-order chi connectivity index (χ1) is 17.4. The lowest BCUT2D eigenvalue weighted by atomic mass is 10.1. The first kappa shape index (κ1) is 26.5. The van der Waals surface area contributed by atoms with Crippen molar-refractivity contribution in [1.29, 1.82) is 0 Å². The summed E-state index contributed by atoms with van der Waals surface area (Å²) in [6, 6.07) is 6.89. The molecule has 4 aromatic rings. The Kier molecular flexibility index (Phi) is 7.22. The molecule has 0 spiro atoms. The number of amides is 1. The van der Waals surface area contributed by atoms with Crippen molar-refractivity contribution in [2.24, 2.45) is 0 Å². The predicted molar refractivity (Wildman–Crippen MR) is 130 cm³/mol. The molecule has 1 amide bonds. The van der Waals surface area contributed by atoms with Crippen LogP contribution in [-0.2, 0) is 13.1 Å². The predicted octanol–water partition coefficient (Wildman–Crippen LogP) is 6.12. The summed E-state index contributed by atoms with van der Waals surface area (Å²) < 4.78 is 72.6. The highest BCUT2D eigenvalue weighted by Crippen LogP contribution is 2.27. The first-order valence-electron chi connectivity index (χ1n) is 11.0. The molecule has 0 atom stereocenters. The van der Waals surface area contributed by atoms with Gasteiger partial charge in [0.15, 0.2) is 23.3 Å². The average molecular weight is 582 g/mol. The Balaban J connectivity index is 1.52. The maximum absolute atomic E-state index is 14.1. The van der Waals surface area contributed by atoms with Gasteiger partial charge in [-0.25, -0.2) is 22.0 Å². The van der Waals surface area contributed by atoms with Crippen molar-refractivity contribution in [1.82, 2.24) is 19.6 Å². The molecular weight excluding hydrogens is 561 g/mol. The second-order valence-electron chi connectivity index (χ2n) is 8.55. The second-order valence-corrected chi connectivity index (χ2v) is 9.34. The number of hydrogen-bond acceptors (Lipinski definition) is 3. The fraction of sp³-hybridized carbons (Fsp3) is 0.240. The molecule has 12 heteroatoms. The maximum atomic E-state index is 14.1. The average Bonchev–Trinajstić information content (AvgIpc) is 3.28. The second kappa shape index (κ2) is 10.1. The van der Waals surface area contributed by atoms with Crippen LogP contribution in [0.1, 0.15) is 44.3 Å². The van der Waals surface area contributed by atoms with E-state index in [1.165, 1.54) is 6.92 Å². The summed E-state index contributed by atoms with van der Waals surface area (Å²) in [4.78, 5) is 12.9. The van der Waals surface area contributed by atoms with E-state index in [4.69, 9.17) is 0 Å². The lowest BCUT2D eigenvalue weighted by Gasteiger charge is -2.11. The number of aromatic nitrogens is 4. The first-order valence-corrected chi connectivity index (χ1v) is 11.8. The van der Waals surface area contributed by atoms with Crippen LogP contribution in [0.5, 0.6) is 0 Å². The minimum absolute atomic E-state index is 0.269. The fourth-order valence-electron chi connectivity index (χ4n) is 3.92. The summed E-state index contributed by atoms with van der Waals surface area (Å²) in [5, 5.41) is 11.3. The lowest BCUT2D eigenvalue weighted by Crippen LogP contribution is -2.15. The summed E-state index contributed by atoms with van der Waals surface area (Å²) in [7, 11) is 0. The van der Waals surface area contributed by atoms with Gasteiger partial charge in [-0.15, -0.1) is 0 Å². The zero-order valence-electron chi connectivity index (χ0n) is 20.2. The number of carbonyl (C=O) groups excluding carboxylic acids is 1. The van der Waals surface area contributed by atoms with E-state index in [9.17, 15) is 26.7 Å². The zero-order valence-corrected chi connectivity index (χ0v) is 21.8. The molecule has 2 aromatic carbocycles. The number of benzene rings is 2. The number of anilines is 1. The van der Waals surface area contributed by atoms with Crippen molar-refractivity contribution in [2.45, 2.75) is 40.8 Å². The van der Waals surface area contributed by atoms with E-state index < -0.39 is 47.1 Å². The molecule has 2 heterocycles. The smallest absolute Gasteiger partial charge is 0.255 e. The summed E-state index contributed by atoms with van der Waals surface area (Å²) in [5.41, 5.74) is 2.97. The monoisotopic (exact) mass is 581 g/mol. The van der Waals surface area contributed by atoms with Gasteiger partial charge < -0.3 is 5.32 Å². The number of nitrogens with zero attached hydrogens (tertiary/aromatic N) is 4. The van der Waals surface area contributed by atoms with Crippen LogP contribution in [0.4, 0.5) is 27.6 Å².